The maximum absolute atomic E-state index is 13.5. The molecule has 0 bridgehead atoms. The standard InChI is InChI=1S/C26H28ClF3N4O2S/c1-14-6-15(27)7-19(18(14)8-16-10-31-12-25(2,3)36-16)23-24-20(32-13-33-23)9-17(37-24)11-34-21(26(28,29)30)4-5-22(34)35/h6-7,9,13,16,21,31H,4-5,8,10-12H2,1-3H3/t16-,21?/m0/s1. The van der Waals surface area contributed by atoms with Crippen molar-refractivity contribution in [2.24, 2.45) is 0 Å². The van der Waals surface area contributed by atoms with E-state index in [0.29, 0.717) is 27.5 Å². The first-order valence-electron chi connectivity index (χ1n) is 12.2. The third kappa shape index (κ3) is 5.48. The first-order chi connectivity index (χ1) is 17.4. The van der Waals surface area contributed by atoms with Crippen molar-refractivity contribution in [3.05, 3.63) is 45.6 Å². The fraction of sp³-hybridized carbons (Fsp3) is 0.500. The number of amides is 1. The van der Waals surface area contributed by atoms with Gasteiger partial charge in [0.2, 0.25) is 5.91 Å². The molecule has 1 aromatic carbocycles. The topological polar surface area (TPSA) is 67.4 Å². The highest BCUT2D eigenvalue weighted by atomic mass is 35.5. The lowest BCUT2D eigenvalue weighted by molar-refractivity contribution is -0.181. The minimum absolute atomic E-state index is 0.0425. The first-order valence-corrected chi connectivity index (χ1v) is 13.4. The van der Waals surface area contributed by atoms with E-state index < -0.39 is 18.1 Å². The summed E-state index contributed by atoms with van der Waals surface area (Å²) in [6.45, 7) is 7.49. The molecule has 6 nitrogen and oxygen atoms in total. The molecule has 2 aliphatic rings. The number of morpholine rings is 1. The Bertz CT molecular complexity index is 1340. The molecule has 2 saturated heterocycles. The van der Waals surface area contributed by atoms with Crippen LogP contribution in [0.2, 0.25) is 5.02 Å². The van der Waals surface area contributed by atoms with E-state index >= 15 is 0 Å². The van der Waals surface area contributed by atoms with Gasteiger partial charge in [-0.1, -0.05) is 11.6 Å². The molecule has 2 atom stereocenters. The molecular formula is C26H28ClF3N4O2S. The van der Waals surface area contributed by atoms with Crippen molar-refractivity contribution < 1.29 is 22.7 Å². The summed E-state index contributed by atoms with van der Waals surface area (Å²) in [6, 6.07) is 3.77. The summed E-state index contributed by atoms with van der Waals surface area (Å²) in [5, 5.41) is 4.00. The molecule has 1 amide bonds. The zero-order valence-corrected chi connectivity index (χ0v) is 22.4. The van der Waals surface area contributed by atoms with Gasteiger partial charge in [0.25, 0.3) is 0 Å². The van der Waals surface area contributed by atoms with Crippen molar-refractivity contribution in [3.8, 4) is 11.3 Å². The predicted octanol–water partition coefficient (Wildman–Crippen LogP) is 5.68. The van der Waals surface area contributed by atoms with Crippen LogP contribution in [0.4, 0.5) is 13.2 Å². The van der Waals surface area contributed by atoms with Gasteiger partial charge >= 0.3 is 6.18 Å². The molecular weight excluding hydrogens is 525 g/mol. The molecule has 0 aliphatic carbocycles. The SMILES string of the molecule is Cc1cc(Cl)cc(-c2ncnc3cc(CN4C(=O)CCC4C(F)(F)F)sc23)c1C[C@H]1CNCC(C)(C)O1. The molecule has 198 valence electrons. The van der Waals surface area contributed by atoms with Crippen molar-refractivity contribution >= 4 is 39.1 Å². The number of ether oxygens (including phenoxy) is 1. The number of nitrogens with zero attached hydrogens (tertiary/aromatic N) is 3. The maximum atomic E-state index is 13.5. The van der Waals surface area contributed by atoms with E-state index in [4.69, 9.17) is 16.3 Å². The third-order valence-electron chi connectivity index (χ3n) is 6.93. The van der Waals surface area contributed by atoms with E-state index in [0.717, 1.165) is 39.4 Å². The molecule has 37 heavy (non-hydrogen) atoms. The molecule has 11 heteroatoms. The number of halogens is 4. The van der Waals surface area contributed by atoms with Crippen molar-refractivity contribution in [1.29, 1.82) is 0 Å². The summed E-state index contributed by atoms with van der Waals surface area (Å²) >= 11 is 7.78. The van der Waals surface area contributed by atoms with Crippen LogP contribution < -0.4 is 5.32 Å². The van der Waals surface area contributed by atoms with Crippen LogP contribution in [-0.2, 0) is 22.5 Å². The Morgan fingerprint density at radius 2 is 2.05 bits per heavy atom. The van der Waals surface area contributed by atoms with Crippen LogP contribution in [0.3, 0.4) is 0 Å². The van der Waals surface area contributed by atoms with Crippen LogP contribution in [0.25, 0.3) is 21.5 Å². The van der Waals surface area contributed by atoms with E-state index in [1.54, 1.807) is 6.07 Å². The molecule has 0 saturated carbocycles. The molecule has 2 aromatic heterocycles. The number of carbonyl (C=O) groups excluding carboxylic acids is 1. The summed E-state index contributed by atoms with van der Waals surface area (Å²) < 4.78 is 47.6. The smallest absolute Gasteiger partial charge is 0.369 e. The number of alkyl halides is 3. The number of hydrogen-bond donors (Lipinski definition) is 1. The highest BCUT2D eigenvalue weighted by molar-refractivity contribution is 7.19. The second-order valence-corrected chi connectivity index (χ2v) is 11.9. The van der Waals surface area contributed by atoms with Gasteiger partial charge in [-0.25, -0.2) is 9.97 Å². The van der Waals surface area contributed by atoms with Gasteiger partial charge in [-0.2, -0.15) is 13.2 Å². The fourth-order valence-corrected chi connectivity index (χ4v) is 6.66. The van der Waals surface area contributed by atoms with Gasteiger partial charge in [0.15, 0.2) is 0 Å². The number of nitrogens with one attached hydrogen (secondary N) is 1. The van der Waals surface area contributed by atoms with Crippen LogP contribution in [0.5, 0.6) is 0 Å². The summed E-state index contributed by atoms with van der Waals surface area (Å²) in [7, 11) is 0. The average molecular weight is 553 g/mol. The Hall–Kier alpha value is -2.27. The van der Waals surface area contributed by atoms with Crippen LogP contribution in [0, 0.1) is 6.92 Å². The van der Waals surface area contributed by atoms with Crippen LogP contribution in [-0.4, -0.2) is 57.8 Å². The van der Waals surface area contributed by atoms with E-state index in [9.17, 15) is 18.0 Å². The Morgan fingerprint density at radius 1 is 1.27 bits per heavy atom. The molecule has 1 N–H and O–H groups in total. The molecule has 4 heterocycles. The Morgan fingerprint density at radius 3 is 2.78 bits per heavy atom. The van der Waals surface area contributed by atoms with Gasteiger partial charge in [0.1, 0.15) is 12.4 Å². The summed E-state index contributed by atoms with van der Waals surface area (Å²) in [6.07, 6.45) is -2.70. The van der Waals surface area contributed by atoms with Gasteiger partial charge in [0, 0.05) is 41.4 Å². The quantitative estimate of drug-likeness (QED) is 0.441. The summed E-state index contributed by atoms with van der Waals surface area (Å²) in [4.78, 5) is 22.8. The number of thiophene rings is 1. The molecule has 1 unspecified atom stereocenters. The van der Waals surface area contributed by atoms with Crippen LogP contribution >= 0.6 is 22.9 Å². The lowest BCUT2D eigenvalue weighted by Crippen LogP contribution is -2.51. The number of benzene rings is 1. The van der Waals surface area contributed by atoms with Gasteiger partial charge in [-0.3, -0.25) is 4.79 Å². The summed E-state index contributed by atoms with van der Waals surface area (Å²) in [5.74, 6) is -0.483. The van der Waals surface area contributed by atoms with Crippen LogP contribution in [0.1, 0.15) is 42.7 Å². The van der Waals surface area contributed by atoms with Crippen molar-refractivity contribution in [2.45, 2.75) is 70.5 Å². The van der Waals surface area contributed by atoms with Gasteiger partial charge in [0.05, 0.1) is 34.2 Å². The lowest BCUT2D eigenvalue weighted by atomic mass is 9.93. The van der Waals surface area contributed by atoms with Crippen LogP contribution in [0.15, 0.2) is 24.5 Å². The number of likely N-dealkylation sites (tertiary alicyclic amines) is 1. The Labute approximate surface area is 222 Å². The first kappa shape index (κ1) is 26.3. The molecule has 3 aromatic rings. The number of hydrogen-bond acceptors (Lipinski definition) is 6. The number of aryl methyl sites for hydroxylation is 1. The monoisotopic (exact) mass is 552 g/mol. The summed E-state index contributed by atoms with van der Waals surface area (Å²) in [5.41, 5.74) is 3.92. The normalized spacial score (nSPS) is 22.2. The second kappa shape index (κ2) is 9.80. The van der Waals surface area contributed by atoms with Crippen molar-refractivity contribution in [1.82, 2.24) is 20.2 Å². The molecule has 2 fully saturated rings. The molecule has 2 aliphatic heterocycles. The van der Waals surface area contributed by atoms with E-state index in [1.807, 2.05) is 19.1 Å². The number of rotatable bonds is 5. The minimum Gasteiger partial charge on any atom is -0.369 e. The maximum Gasteiger partial charge on any atom is 0.408 e. The highest BCUT2D eigenvalue weighted by Gasteiger charge is 2.49. The Balaban J connectivity index is 1.51. The highest BCUT2D eigenvalue weighted by Crippen LogP contribution is 2.39. The van der Waals surface area contributed by atoms with Gasteiger partial charge in [-0.15, -0.1) is 11.3 Å². The lowest BCUT2D eigenvalue weighted by Gasteiger charge is -2.37. The molecule has 0 spiro atoms. The largest absolute Gasteiger partial charge is 0.408 e. The zero-order valence-electron chi connectivity index (χ0n) is 20.8. The number of aromatic nitrogens is 2. The fourth-order valence-electron chi connectivity index (χ4n) is 5.28. The second-order valence-electron chi connectivity index (χ2n) is 10.4. The van der Waals surface area contributed by atoms with E-state index in [1.165, 1.54) is 17.7 Å². The number of carbonyl (C=O) groups is 1. The Kier molecular flexibility index (Phi) is 6.97. The third-order valence-corrected chi connectivity index (χ3v) is 8.26. The molecule has 5 rings (SSSR count). The van der Waals surface area contributed by atoms with E-state index in [2.05, 4.69) is 29.1 Å². The number of fused-ring (bicyclic) bond motifs is 1. The zero-order chi connectivity index (χ0) is 26.5. The van der Waals surface area contributed by atoms with Crippen molar-refractivity contribution in [3.63, 3.8) is 0 Å². The van der Waals surface area contributed by atoms with E-state index in [-0.39, 0.29) is 31.1 Å². The minimum atomic E-state index is -4.45. The predicted molar refractivity (Wildman–Crippen MR) is 138 cm³/mol. The average Bonchev–Trinajstić information content (AvgIpc) is 3.38. The van der Waals surface area contributed by atoms with Gasteiger partial charge in [-0.05, 0) is 56.5 Å². The van der Waals surface area contributed by atoms with Gasteiger partial charge < -0.3 is 15.0 Å². The molecule has 0 radical (unpaired) electrons. The van der Waals surface area contributed by atoms with Crippen molar-refractivity contribution in [2.75, 3.05) is 13.1 Å².